The number of esters is 2. The number of rotatable bonds is 3. The van der Waals surface area contributed by atoms with Gasteiger partial charge in [-0.05, 0) is 43.9 Å². The lowest BCUT2D eigenvalue weighted by Crippen LogP contribution is -2.81. The van der Waals surface area contributed by atoms with E-state index in [9.17, 15) is 29.7 Å². The summed E-state index contributed by atoms with van der Waals surface area (Å²) in [6.45, 7) is 9.81. The highest BCUT2D eigenvalue weighted by Crippen LogP contribution is 2.64. The van der Waals surface area contributed by atoms with Crippen LogP contribution in [0.4, 0.5) is 0 Å². The zero-order chi connectivity index (χ0) is 28.7. The third-order valence-corrected chi connectivity index (χ3v) is 10.3. The topological polar surface area (TPSA) is 140 Å². The van der Waals surface area contributed by atoms with Gasteiger partial charge in [-0.15, -0.1) is 0 Å². The van der Waals surface area contributed by atoms with Gasteiger partial charge < -0.3 is 29.5 Å². The maximum Gasteiger partial charge on any atom is 0.338 e. The molecule has 1 aliphatic heterocycles. The zero-order valence-corrected chi connectivity index (χ0v) is 23.3. The van der Waals surface area contributed by atoms with Crippen LogP contribution < -0.4 is 0 Å². The van der Waals surface area contributed by atoms with Crippen molar-refractivity contribution in [3.63, 3.8) is 0 Å². The van der Waals surface area contributed by atoms with E-state index in [-0.39, 0.29) is 30.9 Å². The minimum absolute atomic E-state index is 0.0334. The second-order valence-electron chi connectivity index (χ2n) is 12.6. The second-order valence-corrected chi connectivity index (χ2v) is 12.6. The molecule has 2 bridgehead atoms. The molecule has 212 valence electrons. The number of fused-ring (bicyclic) bond motifs is 5. The van der Waals surface area contributed by atoms with E-state index in [1.54, 1.807) is 44.2 Å². The van der Waals surface area contributed by atoms with Crippen molar-refractivity contribution in [2.24, 2.45) is 22.7 Å². The first kappa shape index (κ1) is 28.0. The van der Waals surface area contributed by atoms with Crippen LogP contribution in [0.25, 0.3) is 0 Å². The van der Waals surface area contributed by atoms with E-state index in [1.165, 1.54) is 13.8 Å². The summed E-state index contributed by atoms with van der Waals surface area (Å²) in [6.07, 6.45) is -5.05. The van der Waals surface area contributed by atoms with Crippen molar-refractivity contribution >= 4 is 17.7 Å². The zero-order valence-electron chi connectivity index (χ0n) is 23.3. The Hall–Kier alpha value is -2.59. The SMILES string of the molecule is CC(=O)O[C@@]12COC1C[C@H](O)[C@@]1(C)C(=O)[C@H](O)C3=C(C)[C@@H](C)C[C@@](O)([C@@H](OC(=O)c4ccccc4)[C@@H]12)C3(C)C. The summed E-state index contributed by atoms with van der Waals surface area (Å²) in [5, 5.41) is 36.0. The number of Topliss-reactive ketones (excluding diaryl/α,β-unsaturated/α-hetero) is 1. The molecule has 9 heteroatoms. The van der Waals surface area contributed by atoms with Crippen molar-refractivity contribution in [3.8, 4) is 0 Å². The molecule has 3 aliphatic carbocycles. The highest BCUT2D eigenvalue weighted by atomic mass is 16.6. The molecule has 0 amide bonds. The van der Waals surface area contributed by atoms with E-state index in [2.05, 4.69) is 0 Å². The number of carbonyl (C=O) groups is 3. The molecule has 0 radical (unpaired) electrons. The number of aliphatic hydroxyl groups excluding tert-OH is 2. The van der Waals surface area contributed by atoms with Crippen LogP contribution in [0.3, 0.4) is 0 Å². The molecule has 2 saturated carbocycles. The summed E-state index contributed by atoms with van der Waals surface area (Å²) in [5.41, 5.74) is -4.91. The summed E-state index contributed by atoms with van der Waals surface area (Å²) in [5.74, 6) is -3.52. The highest BCUT2D eigenvalue weighted by Gasteiger charge is 2.77. The Morgan fingerprint density at radius 2 is 1.74 bits per heavy atom. The van der Waals surface area contributed by atoms with Gasteiger partial charge in [-0.1, -0.05) is 44.5 Å². The van der Waals surface area contributed by atoms with E-state index in [0.717, 1.165) is 5.57 Å². The van der Waals surface area contributed by atoms with Crippen molar-refractivity contribution < 1.29 is 43.9 Å². The van der Waals surface area contributed by atoms with Crippen molar-refractivity contribution in [1.29, 1.82) is 0 Å². The van der Waals surface area contributed by atoms with E-state index < -0.39 is 70.1 Å². The fourth-order valence-electron chi connectivity index (χ4n) is 7.92. The summed E-state index contributed by atoms with van der Waals surface area (Å²) >= 11 is 0. The van der Waals surface area contributed by atoms with Crippen LogP contribution in [0, 0.1) is 22.7 Å². The van der Waals surface area contributed by atoms with Crippen molar-refractivity contribution in [1.82, 2.24) is 0 Å². The van der Waals surface area contributed by atoms with Crippen LogP contribution >= 0.6 is 0 Å². The van der Waals surface area contributed by atoms with Gasteiger partial charge in [0.1, 0.15) is 23.9 Å². The molecule has 9 atom stereocenters. The molecule has 5 rings (SSSR count). The molecule has 1 aromatic carbocycles. The molecule has 4 aliphatic rings. The third-order valence-electron chi connectivity index (χ3n) is 10.3. The fraction of sp³-hybridized carbons (Fsp3) is 0.633. The van der Waals surface area contributed by atoms with Crippen molar-refractivity contribution in [3.05, 3.63) is 47.0 Å². The molecule has 1 heterocycles. The normalized spacial score (nSPS) is 42.7. The molecule has 1 unspecified atom stereocenters. The molecule has 3 N–H and O–H groups in total. The molecular formula is C30H38O9. The van der Waals surface area contributed by atoms with Gasteiger partial charge in [0, 0.05) is 18.8 Å². The fourth-order valence-corrected chi connectivity index (χ4v) is 7.92. The predicted molar refractivity (Wildman–Crippen MR) is 138 cm³/mol. The smallest absolute Gasteiger partial charge is 0.338 e. The summed E-state index contributed by atoms with van der Waals surface area (Å²) in [7, 11) is 0. The van der Waals surface area contributed by atoms with Gasteiger partial charge in [-0.3, -0.25) is 9.59 Å². The lowest BCUT2D eigenvalue weighted by Gasteiger charge is -2.67. The monoisotopic (exact) mass is 542 g/mol. The molecule has 1 saturated heterocycles. The number of ether oxygens (including phenoxy) is 3. The van der Waals surface area contributed by atoms with Crippen LogP contribution in [-0.4, -0.2) is 75.3 Å². The van der Waals surface area contributed by atoms with Crippen molar-refractivity contribution in [2.75, 3.05) is 6.61 Å². The largest absolute Gasteiger partial charge is 0.455 e. The summed E-state index contributed by atoms with van der Waals surface area (Å²) < 4.78 is 17.9. The van der Waals surface area contributed by atoms with Crippen molar-refractivity contribution in [2.45, 2.75) is 90.0 Å². The number of aliphatic hydroxyl groups is 3. The van der Waals surface area contributed by atoms with E-state index >= 15 is 0 Å². The quantitative estimate of drug-likeness (QED) is 0.388. The van der Waals surface area contributed by atoms with Crippen LogP contribution in [0.15, 0.2) is 41.5 Å². The van der Waals surface area contributed by atoms with Gasteiger partial charge in [-0.25, -0.2) is 4.79 Å². The average molecular weight is 543 g/mol. The predicted octanol–water partition coefficient (Wildman–Crippen LogP) is 2.36. The maximum atomic E-state index is 14.4. The lowest BCUT2D eigenvalue weighted by molar-refractivity contribution is -0.345. The number of allylic oxidation sites excluding steroid dienone is 1. The van der Waals surface area contributed by atoms with Gasteiger partial charge in [0.25, 0.3) is 0 Å². The number of hydrogen-bond acceptors (Lipinski definition) is 9. The molecule has 3 fully saturated rings. The second kappa shape index (κ2) is 8.96. The minimum Gasteiger partial charge on any atom is -0.455 e. The van der Waals surface area contributed by atoms with Crippen LogP contribution in [0.2, 0.25) is 0 Å². The third kappa shape index (κ3) is 3.63. The Morgan fingerprint density at radius 1 is 1.10 bits per heavy atom. The number of ketones is 1. The Labute approximate surface area is 228 Å². The number of hydrogen-bond donors (Lipinski definition) is 3. The average Bonchev–Trinajstić information content (AvgIpc) is 2.87. The Balaban J connectivity index is 1.81. The van der Waals surface area contributed by atoms with Gasteiger partial charge in [0.05, 0.1) is 29.6 Å². The van der Waals surface area contributed by atoms with Crippen LogP contribution in [0.1, 0.15) is 64.7 Å². The Morgan fingerprint density at radius 3 is 2.31 bits per heavy atom. The highest BCUT2D eigenvalue weighted by molar-refractivity contribution is 5.94. The Bertz CT molecular complexity index is 1240. The molecular weight excluding hydrogens is 504 g/mol. The molecule has 39 heavy (non-hydrogen) atoms. The molecule has 9 nitrogen and oxygen atoms in total. The summed E-state index contributed by atoms with van der Waals surface area (Å²) in [4.78, 5) is 40.5. The Kier molecular flexibility index (Phi) is 6.42. The van der Waals surface area contributed by atoms with E-state index in [1.807, 2.05) is 13.8 Å². The first-order chi connectivity index (χ1) is 18.1. The van der Waals surface area contributed by atoms with Gasteiger partial charge >= 0.3 is 11.9 Å². The van der Waals surface area contributed by atoms with E-state index in [0.29, 0.717) is 5.57 Å². The maximum absolute atomic E-state index is 14.4. The van der Waals surface area contributed by atoms with Gasteiger partial charge in [0.2, 0.25) is 0 Å². The first-order valence-electron chi connectivity index (χ1n) is 13.5. The molecule has 1 aromatic rings. The minimum atomic E-state index is -1.82. The standard InChI is InChI=1S/C30H38O9/c1-15-13-30(36)25(38-26(35)18-10-8-7-9-11-18)23-28(6,24(34)22(33)21(16(15)2)27(30,4)5)19(32)12-20-29(23,14-37-20)39-17(3)31/h7-11,15,19-20,22-23,25,32-33,36H,12-14H2,1-6H3/t15-,19-,20?,22+,23-,25-,28+,29-,30+/m0/s1. The summed E-state index contributed by atoms with van der Waals surface area (Å²) in [6, 6.07) is 8.29. The molecule has 0 aromatic heterocycles. The van der Waals surface area contributed by atoms with Crippen LogP contribution in [-0.2, 0) is 23.8 Å². The van der Waals surface area contributed by atoms with Gasteiger partial charge in [-0.2, -0.15) is 0 Å². The molecule has 0 spiro atoms. The lowest BCUT2D eigenvalue weighted by atomic mass is 9.44. The van der Waals surface area contributed by atoms with E-state index in [4.69, 9.17) is 14.2 Å². The van der Waals surface area contributed by atoms with Crippen LogP contribution in [0.5, 0.6) is 0 Å². The number of carbonyl (C=O) groups excluding carboxylic acids is 3. The first-order valence-corrected chi connectivity index (χ1v) is 13.5. The number of benzene rings is 1. The van der Waals surface area contributed by atoms with Gasteiger partial charge in [0.15, 0.2) is 11.4 Å².